The molecule has 0 aliphatic heterocycles. The number of phenolic OH excluding ortho intramolecular Hbond substituents is 2. The lowest BCUT2D eigenvalue weighted by molar-refractivity contribution is 0.465. The highest BCUT2D eigenvalue weighted by atomic mass is 16.3. The van der Waals surface area contributed by atoms with E-state index < -0.39 is 0 Å². The third kappa shape index (κ3) is 3.97. The summed E-state index contributed by atoms with van der Waals surface area (Å²) >= 11 is 0. The molecule has 2 heteroatoms. The number of hydrogen-bond donors (Lipinski definition) is 2. The molecule has 2 aromatic carbocycles. The second kappa shape index (κ2) is 7.39. The Kier molecular flexibility index (Phi) is 5.52. The van der Waals surface area contributed by atoms with Crippen molar-refractivity contribution in [3.05, 3.63) is 46.7 Å². The smallest absolute Gasteiger partial charge is 0.131 e. The summed E-state index contributed by atoms with van der Waals surface area (Å²) in [5.41, 5.74) is 5.76. The number of phenols is 2. The lowest BCUT2D eigenvalue weighted by Crippen LogP contribution is -1.88. The first-order valence-corrected chi connectivity index (χ1v) is 8.27. The summed E-state index contributed by atoms with van der Waals surface area (Å²) in [7, 11) is 0. The van der Waals surface area contributed by atoms with Crippen molar-refractivity contribution in [2.45, 2.75) is 47.0 Å². The minimum absolute atomic E-state index is 0.207. The molecule has 2 N–H and O–H groups in total. The lowest BCUT2D eigenvalue weighted by Gasteiger charge is -2.11. The number of allylic oxidation sites excluding steroid dienone is 1. The number of aromatic hydroxyl groups is 2. The second-order valence-electron chi connectivity index (χ2n) is 6.64. The first kappa shape index (κ1) is 17.2. The fourth-order valence-corrected chi connectivity index (χ4v) is 2.77. The van der Waals surface area contributed by atoms with Crippen LogP contribution in [-0.4, -0.2) is 10.2 Å². The Morgan fingerprint density at radius 1 is 1.13 bits per heavy atom. The first-order chi connectivity index (χ1) is 10.9. The fourth-order valence-electron chi connectivity index (χ4n) is 2.77. The summed E-state index contributed by atoms with van der Waals surface area (Å²) in [6, 6.07) is 7.35. The van der Waals surface area contributed by atoms with Crippen LogP contribution in [0, 0.1) is 12.8 Å². The SMILES string of the molecule is CC(=C=Cc1c(C)c(O)c2ccccc2c1O)CCCC(C)C. The standard InChI is InChI=1S/C21H26O2/c1-14(2)8-7-9-15(3)12-13-17-16(4)20(22)18-10-5-6-11-19(18)21(17)23/h5-6,10-11,13-14,22-23H,7-9H2,1-4H3. The summed E-state index contributed by atoms with van der Waals surface area (Å²) < 4.78 is 0. The molecule has 0 radical (unpaired) electrons. The Labute approximate surface area is 138 Å². The molecule has 0 unspecified atom stereocenters. The molecule has 0 fully saturated rings. The molecular weight excluding hydrogens is 284 g/mol. The maximum atomic E-state index is 10.5. The van der Waals surface area contributed by atoms with Crippen molar-refractivity contribution in [1.29, 1.82) is 0 Å². The molecule has 0 aliphatic carbocycles. The maximum absolute atomic E-state index is 10.5. The topological polar surface area (TPSA) is 40.5 Å². The summed E-state index contributed by atoms with van der Waals surface area (Å²) in [6.45, 7) is 8.34. The second-order valence-corrected chi connectivity index (χ2v) is 6.64. The van der Waals surface area contributed by atoms with Gasteiger partial charge in [-0.3, -0.25) is 0 Å². The molecule has 2 aromatic rings. The molecule has 2 rings (SSSR count). The van der Waals surface area contributed by atoms with E-state index in [9.17, 15) is 10.2 Å². The van der Waals surface area contributed by atoms with Crippen LogP contribution in [0.5, 0.6) is 11.5 Å². The van der Waals surface area contributed by atoms with E-state index in [1.165, 1.54) is 6.42 Å². The van der Waals surface area contributed by atoms with E-state index in [4.69, 9.17) is 0 Å². The molecule has 0 saturated heterocycles. The molecule has 23 heavy (non-hydrogen) atoms. The zero-order chi connectivity index (χ0) is 17.0. The average molecular weight is 310 g/mol. The third-order valence-electron chi connectivity index (χ3n) is 4.25. The summed E-state index contributed by atoms with van der Waals surface area (Å²) in [5.74, 6) is 1.15. The molecule has 2 nitrogen and oxygen atoms in total. The van der Waals surface area contributed by atoms with Gasteiger partial charge in [-0.05, 0) is 44.3 Å². The number of fused-ring (bicyclic) bond motifs is 1. The lowest BCUT2D eigenvalue weighted by atomic mass is 9.98. The minimum Gasteiger partial charge on any atom is -0.507 e. The number of hydrogen-bond acceptors (Lipinski definition) is 2. The summed E-state index contributed by atoms with van der Waals surface area (Å²) in [6.07, 6.45) is 5.16. The Hall–Kier alpha value is -2.18. The molecular formula is C21H26O2. The zero-order valence-corrected chi connectivity index (χ0v) is 14.5. The molecule has 0 atom stereocenters. The monoisotopic (exact) mass is 310 g/mol. The van der Waals surface area contributed by atoms with Crippen LogP contribution in [-0.2, 0) is 0 Å². The highest BCUT2D eigenvalue weighted by Crippen LogP contribution is 2.39. The Bertz CT molecular complexity index is 763. The summed E-state index contributed by atoms with van der Waals surface area (Å²) in [4.78, 5) is 0. The van der Waals surface area contributed by atoms with Gasteiger partial charge in [0, 0.05) is 21.9 Å². The Balaban J connectivity index is 2.38. The van der Waals surface area contributed by atoms with Crippen LogP contribution >= 0.6 is 0 Å². The van der Waals surface area contributed by atoms with Crippen LogP contribution in [0.1, 0.15) is 51.2 Å². The molecule has 0 aromatic heterocycles. The van der Waals surface area contributed by atoms with Gasteiger partial charge in [-0.25, -0.2) is 0 Å². The molecule has 0 saturated carbocycles. The highest BCUT2D eigenvalue weighted by Gasteiger charge is 2.13. The van der Waals surface area contributed by atoms with Crippen molar-refractivity contribution in [2.75, 3.05) is 0 Å². The van der Waals surface area contributed by atoms with E-state index in [1.807, 2.05) is 31.2 Å². The first-order valence-electron chi connectivity index (χ1n) is 8.27. The average Bonchev–Trinajstić information content (AvgIpc) is 2.52. The van der Waals surface area contributed by atoms with Gasteiger partial charge in [0.1, 0.15) is 11.5 Å². The molecule has 0 bridgehead atoms. The van der Waals surface area contributed by atoms with Crippen molar-refractivity contribution in [1.82, 2.24) is 0 Å². The van der Waals surface area contributed by atoms with Gasteiger partial charge in [0.15, 0.2) is 0 Å². The number of benzene rings is 2. The van der Waals surface area contributed by atoms with E-state index in [-0.39, 0.29) is 11.5 Å². The number of rotatable bonds is 5. The van der Waals surface area contributed by atoms with Crippen LogP contribution in [0.2, 0.25) is 0 Å². The van der Waals surface area contributed by atoms with Crippen molar-refractivity contribution in [3.8, 4) is 11.5 Å². The zero-order valence-electron chi connectivity index (χ0n) is 14.5. The Morgan fingerprint density at radius 2 is 1.74 bits per heavy atom. The molecule has 0 spiro atoms. The van der Waals surface area contributed by atoms with E-state index in [0.717, 1.165) is 24.3 Å². The van der Waals surface area contributed by atoms with Crippen molar-refractivity contribution < 1.29 is 10.2 Å². The quantitative estimate of drug-likeness (QED) is 0.529. The van der Waals surface area contributed by atoms with Gasteiger partial charge >= 0.3 is 0 Å². The van der Waals surface area contributed by atoms with E-state index in [1.54, 1.807) is 6.08 Å². The van der Waals surface area contributed by atoms with Gasteiger partial charge in [-0.1, -0.05) is 44.5 Å². The minimum atomic E-state index is 0.207. The molecule has 0 aliphatic rings. The van der Waals surface area contributed by atoms with Crippen molar-refractivity contribution >= 4 is 16.8 Å². The van der Waals surface area contributed by atoms with Gasteiger partial charge in [-0.15, -0.1) is 5.73 Å². The van der Waals surface area contributed by atoms with Crippen molar-refractivity contribution in [3.63, 3.8) is 0 Å². The van der Waals surface area contributed by atoms with E-state index >= 15 is 0 Å². The van der Waals surface area contributed by atoms with Gasteiger partial charge in [-0.2, -0.15) is 0 Å². The van der Waals surface area contributed by atoms with Crippen LogP contribution < -0.4 is 0 Å². The normalized spacial score (nSPS) is 10.8. The van der Waals surface area contributed by atoms with Crippen molar-refractivity contribution in [2.24, 2.45) is 5.92 Å². The Morgan fingerprint density at radius 3 is 2.35 bits per heavy atom. The van der Waals surface area contributed by atoms with Gasteiger partial charge in [0.2, 0.25) is 0 Å². The van der Waals surface area contributed by atoms with Crippen LogP contribution in [0.15, 0.2) is 35.6 Å². The fraction of sp³-hybridized carbons (Fsp3) is 0.381. The predicted octanol–water partition coefficient (Wildman–Crippen LogP) is 5.94. The molecule has 0 amide bonds. The third-order valence-corrected chi connectivity index (χ3v) is 4.25. The molecule has 122 valence electrons. The van der Waals surface area contributed by atoms with Gasteiger partial charge in [0.25, 0.3) is 0 Å². The molecule has 0 heterocycles. The predicted molar refractivity (Wildman–Crippen MR) is 97.9 cm³/mol. The van der Waals surface area contributed by atoms with Gasteiger partial charge in [0.05, 0.1) is 0 Å². The van der Waals surface area contributed by atoms with Crippen LogP contribution in [0.4, 0.5) is 0 Å². The van der Waals surface area contributed by atoms with Crippen LogP contribution in [0.3, 0.4) is 0 Å². The maximum Gasteiger partial charge on any atom is 0.131 e. The van der Waals surface area contributed by atoms with Gasteiger partial charge < -0.3 is 10.2 Å². The van der Waals surface area contributed by atoms with E-state index in [2.05, 4.69) is 26.5 Å². The van der Waals surface area contributed by atoms with Crippen LogP contribution in [0.25, 0.3) is 16.8 Å². The highest BCUT2D eigenvalue weighted by molar-refractivity contribution is 5.97. The summed E-state index contributed by atoms with van der Waals surface area (Å²) in [5, 5.41) is 22.2. The van der Waals surface area contributed by atoms with E-state index in [0.29, 0.717) is 21.9 Å². The largest absolute Gasteiger partial charge is 0.507 e.